The summed E-state index contributed by atoms with van der Waals surface area (Å²) in [6.45, 7) is 4.90. The highest BCUT2D eigenvalue weighted by Crippen LogP contribution is 2.30. The molecule has 0 saturated carbocycles. The molecule has 0 aliphatic heterocycles. The van der Waals surface area contributed by atoms with E-state index >= 15 is 0 Å². The summed E-state index contributed by atoms with van der Waals surface area (Å²) in [5.41, 5.74) is 3.78. The van der Waals surface area contributed by atoms with Gasteiger partial charge in [0.15, 0.2) is 0 Å². The Labute approximate surface area is 133 Å². The molecule has 3 aromatic rings. The number of pyridine rings is 1. The minimum Gasteiger partial charge on any atom is -0.342 e. The van der Waals surface area contributed by atoms with Crippen LogP contribution in [0.15, 0.2) is 53.3 Å². The van der Waals surface area contributed by atoms with E-state index in [2.05, 4.69) is 68.1 Å². The fourth-order valence-corrected chi connectivity index (χ4v) is 3.15. The molecule has 0 saturated heterocycles. The van der Waals surface area contributed by atoms with Gasteiger partial charge in [-0.3, -0.25) is 4.98 Å². The molecule has 108 valence electrons. The van der Waals surface area contributed by atoms with Crippen molar-refractivity contribution >= 4 is 26.8 Å². The second-order valence-electron chi connectivity index (χ2n) is 5.11. The van der Waals surface area contributed by atoms with Crippen molar-refractivity contribution in [3.05, 3.63) is 64.5 Å². The highest BCUT2D eigenvalue weighted by molar-refractivity contribution is 9.10. The molecule has 0 fully saturated rings. The molecule has 4 heteroatoms. The summed E-state index contributed by atoms with van der Waals surface area (Å²) in [6.07, 6.45) is 3.70. The van der Waals surface area contributed by atoms with Crippen LogP contribution in [0.1, 0.15) is 11.3 Å². The van der Waals surface area contributed by atoms with Crippen molar-refractivity contribution in [2.75, 3.05) is 6.54 Å². The number of nitrogens with zero attached hydrogens (tertiary/aromatic N) is 2. The minimum atomic E-state index is 0.854. The van der Waals surface area contributed by atoms with Crippen LogP contribution >= 0.6 is 15.9 Å². The van der Waals surface area contributed by atoms with E-state index in [1.807, 2.05) is 12.3 Å². The van der Waals surface area contributed by atoms with E-state index in [1.54, 1.807) is 6.20 Å². The summed E-state index contributed by atoms with van der Waals surface area (Å²) < 4.78 is 3.56. The topological polar surface area (TPSA) is 29.9 Å². The van der Waals surface area contributed by atoms with Crippen LogP contribution in [0.25, 0.3) is 10.9 Å². The average Bonchev–Trinajstić information content (AvgIpc) is 2.77. The molecule has 3 rings (SSSR count). The third-order valence-corrected chi connectivity index (χ3v) is 4.72. The smallest absolute Gasteiger partial charge is 0.0494 e. The van der Waals surface area contributed by atoms with E-state index in [1.165, 1.54) is 26.6 Å². The van der Waals surface area contributed by atoms with Crippen molar-refractivity contribution < 1.29 is 0 Å². The van der Waals surface area contributed by atoms with Crippen molar-refractivity contribution in [1.29, 1.82) is 0 Å². The summed E-state index contributed by atoms with van der Waals surface area (Å²) in [5, 5.41) is 4.76. The Morgan fingerprint density at radius 2 is 2.05 bits per heavy atom. The SMILES string of the molecule is Cc1c(Br)c2ccccc2n1CCNCc1cccnc1. The van der Waals surface area contributed by atoms with Gasteiger partial charge in [0.25, 0.3) is 0 Å². The van der Waals surface area contributed by atoms with Crippen molar-refractivity contribution in [2.45, 2.75) is 20.0 Å². The Hall–Kier alpha value is -1.65. The van der Waals surface area contributed by atoms with Gasteiger partial charge >= 0.3 is 0 Å². The van der Waals surface area contributed by atoms with Crippen LogP contribution in [0, 0.1) is 6.92 Å². The van der Waals surface area contributed by atoms with Gasteiger partial charge in [0.1, 0.15) is 0 Å². The highest BCUT2D eigenvalue weighted by atomic mass is 79.9. The van der Waals surface area contributed by atoms with Crippen LogP contribution in [-0.2, 0) is 13.1 Å². The van der Waals surface area contributed by atoms with Gasteiger partial charge in [0, 0.05) is 53.1 Å². The summed E-state index contributed by atoms with van der Waals surface area (Å²) in [6, 6.07) is 12.6. The van der Waals surface area contributed by atoms with Crippen molar-refractivity contribution in [3.8, 4) is 0 Å². The van der Waals surface area contributed by atoms with E-state index in [-0.39, 0.29) is 0 Å². The molecule has 0 aliphatic carbocycles. The number of halogens is 1. The van der Waals surface area contributed by atoms with E-state index in [4.69, 9.17) is 0 Å². The first-order chi connectivity index (χ1) is 10.3. The summed E-state index contributed by atoms with van der Waals surface area (Å²) in [4.78, 5) is 4.13. The molecule has 0 atom stereocenters. The fourth-order valence-electron chi connectivity index (χ4n) is 2.60. The molecule has 0 radical (unpaired) electrons. The van der Waals surface area contributed by atoms with Crippen LogP contribution in [0.2, 0.25) is 0 Å². The molecular weight excluding hydrogens is 326 g/mol. The first-order valence-electron chi connectivity index (χ1n) is 7.10. The normalized spacial score (nSPS) is 11.1. The first-order valence-corrected chi connectivity index (χ1v) is 7.89. The maximum Gasteiger partial charge on any atom is 0.0494 e. The number of aromatic nitrogens is 2. The maximum absolute atomic E-state index is 4.13. The van der Waals surface area contributed by atoms with Crippen LogP contribution in [-0.4, -0.2) is 16.1 Å². The molecule has 2 heterocycles. The fraction of sp³-hybridized carbons (Fsp3) is 0.235. The Morgan fingerprint density at radius 3 is 2.86 bits per heavy atom. The zero-order valence-electron chi connectivity index (χ0n) is 12.0. The lowest BCUT2D eigenvalue weighted by molar-refractivity contribution is 0.600. The second-order valence-corrected chi connectivity index (χ2v) is 5.90. The third kappa shape index (κ3) is 3.01. The van der Waals surface area contributed by atoms with Crippen LogP contribution in [0.4, 0.5) is 0 Å². The number of hydrogen-bond donors (Lipinski definition) is 1. The van der Waals surface area contributed by atoms with Gasteiger partial charge in [-0.25, -0.2) is 0 Å². The van der Waals surface area contributed by atoms with Crippen molar-refractivity contribution in [2.24, 2.45) is 0 Å². The van der Waals surface area contributed by atoms with E-state index < -0.39 is 0 Å². The largest absolute Gasteiger partial charge is 0.342 e. The lowest BCUT2D eigenvalue weighted by Gasteiger charge is -2.09. The summed E-state index contributed by atoms with van der Waals surface area (Å²) in [5.74, 6) is 0. The molecule has 0 aliphatic rings. The van der Waals surface area contributed by atoms with Crippen LogP contribution < -0.4 is 5.32 Å². The van der Waals surface area contributed by atoms with Gasteiger partial charge in [-0.05, 0) is 40.5 Å². The highest BCUT2D eigenvalue weighted by Gasteiger charge is 2.10. The van der Waals surface area contributed by atoms with Crippen molar-refractivity contribution in [3.63, 3.8) is 0 Å². The van der Waals surface area contributed by atoms with E-state index in [0.717, 1.165) is 19.6 Å². The zero-order valence-corrected chi connectivity index (χ0v) is 13.6. The van der Waals surface area contributed by atoms with Crippen LogP contribution in [0.3, 0.4) is 0 Å². The maximum atomic E-state index is 4.13. The third-order valence-electron chi connectivity index (χ3n) is 3.72. The van der Waals surface area contributed by atoms with Gasteiger partial charge in [-0.1, -0.05) is 24.3 Å². The molecule has 0 bridgehead atoms. The predicted molar refractivity (Wildman–Crippen MR) is 90.3 cm³/mol. The first kappa shape index (κ1) is 14.3. The quantitative estimate of drug-likeness (QED) is 0.712. The lowest BCUT2D eigenvalue weighted by Crippen LogP contribution is -2.20. The zero-order chi connectivity index (χ0) is 14.7. The van der Waals surface area contributed by atoms with Crippen LogP contribution in [0.5, 0.6) is 0 Å². The van der Waals surface area contributed by atoms with Gasteiger partial charge in [0.05, 0.1) is 0 Å². The van der Waals surface area contributed by atoms with Gasteiger partial charge < -0.3 is 9.88 Å². The Balaban J connectivity index is 1.67. The molecule has 0 amide bonds. The Bertz CT molecular complexity index is 734. The minimum absolute atomic E-state index is 0.854. The summed E-state index contributed by atoms with van der Waals surface area (Å²) >= 11 is 3.70. The molecule has 1 N–H and O–H groups in total. The number of rotatable bonds is 5. The summed E-state index contributed by atoms with van der Waals surface area (Å²) in [7, 11) is 0. The molecular formula is C17H18BrN3. The molecule has 3 nitrogen and oxygen atoms in total. The van der Waals surface area contributed by atoms with E-state index in [9.17, 15) is 0 Å². The Kier molecular flexibility index (Phi) is 4.36. The van der Waals surface area contributed by atoms with Gasteiger partial charge in [-0.2, -0.15) is 0 Å². The van der Waals surface area contributed by atoms with Crippen molar-refractivity contribution in [1.82, 2.24) is 14.9 Å². The monoisotopic (exact) mass is 343 g/mol. The molecule has 21 heavy (non-hydrogen) atoms. The van der Waals surface area contributed by atoms with E-state index in [0.29, 0.717) is 0 Å². The van der Waals surface area contributed by atoms with Gasteiger partial charge in [0.2, 0.25) is 0 Å². The Morgan fingerprint density at radius 1 is 1.19 bits per heavy atom. The predicted octanol–water partition coefficient (Wildman–Crippen LogP) is 3.90. The van der Waals surface area contributed by atoms with Gasteiger partial charge in [-0.15, -0.1) is 0 Å². The number of benzene rings is 1. The molecule has 2 aromatic heterocycles. The number of fused-ring (bicyclic) bond motifs is 1. The number of para-hydroxylation sites is 1. The standard InChI is InChI=1S/C17H18BrN3/c1-13-17(18)15-6-2-3-7-16(15)21(13)10-9-20-12-14-5-4-8-19-11-14/h2-8,11,20H,9-10,12H2,1H3. The second kappa shape index (κ2) is 6.41. The lowest BCUT2D eigenvalue weighted by atomic mass is 10.2. The number of hydrogen-bond acceptors (Lipinski definition) is 2. The molecule has 1 aromatic carbocycles. The molecule has 0 spiro atoms. The average molecular weight is 344 g/mol. The number of nitrogens with one attached hydrogen (secondary N) is 1. The molecule has 0 unspecified atom stereocenters.